The molecule has 5 heteroatoms. The summed E-state index contributed by atoms with van der Waals surface area (Å²) in [6.07, 6.45) is 3.31. The summed E-state index contributed by atoms with van der Waals surface area (Å²) < 4.78 is 12.2. The molecule has 1 aromatic rings. The van der Waals surface area contributed by atoms with Crippen molar-refractivity contribution in [2.45, 2.75) is 64.3 Å². The summed E-state index contributed by atoms with van der Waals surface area (Å²) in [6, 6.07) is 1.92. The predicted octanol–water partition coefficient (Wildman–Crippen LogP) is 1.67. The molecule has 0 spiro atoms. The van der Waals surface area contributed by atoms with E-state index >= 15 is 0 Å². The van der Waals surface area contributed by atoms with E-state index in [0.29, 0.717) is 0 Å². The van der Waals surface area contributed by atoms with Gasteiger partial charge in [0.15, 0.2) is 0 Å². The van der Waals surface area contributed by atoms with E-state index in [-0.39, 0.29) is 11.2 Å². The maximum atomic E-state index is 10.3. The standard InChI is InChI=1S/C15H22BNO3/c1-10-11(6-9-17-12(10)15(18)7-8-15)16-19-13(2,3)14(4,5)20-16/h6,9,18H,7-8H2,1-5H3. The number of pyridine rings is 1. The number of nitrogens with zero attached hydrogens (tertiary/aromatic N) is 1. The van der Waals surface area contributed by atoms with Crippen molar-refractivity contribution in [2.24, 2.45) is 0 Å². The molecule has 1 N–H and O–H groups in total. The van der Waals surface area contributed by atoms with Crippen LogP contribution < -0.4 is 5.46 Å². The number of hydrogen-bond donors (Lipinski definition) is 1. The summed E-state index contributed by atoms with van der Waals surface area (Å²) in [4.78, 5) is 4.36. The molecule has 1 aliphatic heterocycles. The van der Waals surface area contributed by atoms with Crippen LogP contribution >= 0.6 is 0 Å². The van der Waals surface area contributed by atoms with Crippen molar-refractivity contribution in [1.82, 2.24) is 4.98 Å². The fraction of sp³-hybridized carbons (Fsp3) is 0.667. The zero-order valence-electron chi connectivity index (χ0n) is 12.9. The van der Waals surface area contributed by atoms with Gasteiger partial charge in [0.05, 0.1) is 16.9 Å². The van der Waals surface area contributed by atoms with E-state index in [0.717, 1.165) is 29.6 Å². The lowest BCUT2D eigenvalue weighted by Gasteiger charge is -2.32. The van der Waals surface area contributed by atoms with Crippen molar-refractivity contribution < 1.29 is 14.4 Å². The fourth-order valence-corrected chi connectivity index (χ4v) is 2.60. The molecule has 2 aliphatic rings. The summed E-state index contributed by atoms with van der Waals surface area (Å²) in [5, 5.41) is 10.3. The Bertz CT molecular complexity index is 536. The molecule has 3 rings (SSSR count). The van der Waals surface area contributed by atoms with Crippen molar-refractivity contribution in [3.8, 4) is 0 Å². The second kappa shape index (κ2) is 4.06. The Morgan fingerprint density at radius 1 is 1.15 bits per heavy atom. The van der Waals surface area contributed by atoms with E-state index in [2.05, 4.69) is 4.98 Å². The molecule has 0 unspecified atom stereocenters. The van der Waals surface area contributed by atoms with Gasteiger partial charge in [-0.15, -0.1) is 0 Å². The van der Waals surface area contributed by atoms with Crippen molar-refractivity contribution in [2.75, 3.05) is 0 Å². The van der Waals surface area contributed by atoms with Crippen LogP contribution in [0.25, 0.3) is 0 Å². The van der Waals surface area contributed by atoms with Gasteiger partial charge in [-0.25, -0.2) is 0 Å². The fourth-order valence-electron chi connectivity index (χ4n) is 2.60. The molecule has 2 heterocycles. The van der Waals surface area contributed by atoms with Crippen LogP contribution in [0.15, 0.2) is 12.3 Å². The normalized spacial score (nSPS) is 25.8. The van der Waals surface area contributed by atoms with Gasteiger partial charge >= 0.3 is 7.12 Å². The third-order valence-corrected chi connectivity index (χ3v) is 4.92. The molecule has 2 fully saturated rings. The average molecular weight is 275 g/mol. The van der Waals surface area contributed by atoms with Crippen LogP contribution in [-0.4, -0.2) is 28.4 Å². The molecule has 1 aromatic heterocycles. The summed E-state index contributed by atoms with van der Waals surface area (Å²) in [6.45, 7) is 10.1. The molecular formula is C15H22BNO3. The number of hydrogen-bond acceptors (Lipinski definition) is 4. The number of aliphatic hydroxyl groups is 1. The second-order valence-electron chi connectivity index (χ2n) is 6.99. The van der Waals surface area contributed by atoms with Crippen LogP contribution in [-0.2, 0) is 14.9 Å². The van der Waals surface area contributed by atoms with Crippen molar-refractivity contribution >= 4 is 12.6 Å². The summed E-state index contributed by atoms with van der Waals surface area (Å²) in [5.74, 6) is 0. The van der Waals surface area contributed by atoms with Crippen LogP contribution in [0.1, 0.15) is 51.8 Å². The van der Waals surface area contributed by atoms with Crippen molar-refractivity contribution in [1.29, 1.82) is 0 Å². The quantitative estimate of drug-likeness (QED) is 0.834. The Hall–Kier alpha value is -0.905. The van der Waals surface area contributed by atoms with Gasteiger partial charge in [0.1, 0.15) is 5.60 Å². The molecule has 0 bridgehead atoms. The Kier molecular flexibility index (Phi) is 2.85. The number of rotatable bonds is 2. The zero-order valence-corrected chi connectivity index (χ0v) is 12.9. The first-order chi connectivity index (χ1) is 9.16. The highest BCUT2D eigenvalue weighted by Gasteiger charge is 2.53. The van der Waals surface area contributed by atoms with E-state index in [1.807, 2.05) is 40.7 Å². The first-order valence-corrected chi connectivity index (χ1v) is 7.20. The maximum Gasteiger partial charge on any atom is 0.495 e. The van der Waals surface area contributed by atoms with Gasteiger partial charge in [-0.05, 0) is 64.6 Å². The smallest absolute Gasteiger partial charge is 0.399 e. The average Bonchev–Trinajstić information content (AvgIpc) is 3.01. The van der Waals surface area contributed by atoms with Crippen LogP contribution in [0.3, 0.4) is 0 Å². The van der Waals surface area contributed by atoms with Crippen LogP contribution in [0.5, 0.6) is 0 Å². The van der Waals surface area contributed by atoms with Crippen molar-refractivity contribution in [3.05, 3.63) is 23.5 Å². The second-order valence-corrected chi connectivity index (χ2v) is 6.99. The molecule has 4 nitrogen and oxygen atoms in total. The first-order valence-electron chi connectivity index (χ1n) is 7.20. The highest BCUT2D eigenvalue weighted by atomic mass is 16.7. The minimum atomic E-state index is -0.732. The minimum Gasteiger partial charge on any atom is -0.399 e. The molecule has 0 atom stereocenters. The highest BCUT2D eigenvalue weighted by molar-refractivity contribution is 6.62. The van der Waals surface area contributed by atoms with Gasteiger partial charge in [0.2, 0.25) is 0 Å². The topological polar surface area (TPSA) is 51.6 Å². The largest absolute Gasteiger partial charge is 0.495 e. The van der Waals surface area contributed by atoms with Crippen LogP contribution in [0, 0.1) is 6.92 Å². The Morgan fingerprint density at radius 3 is 2.20 bits per heavy atom. The van der Waals surface area contributed by atoms with Gasteiger partial charge in [-0.1, -0.05) is 0 Å². The Balaban J connectivity index is 1.97. The third-order valence-electron chi connectivity index (χ3n) is 4.92. The molecule has 0 aromatic carbocycles. The maximum absolute atomic E-state index is 10.3. The van der Waals surface area contributed by atoms with Crippen LogP contribution in [0.4, 0.5) is 0 Å². The SMILES string of the molecule is Cc1c(B2OC(C)(C)C(C)(C)O2)ccnc1C1(O)CC1. The molecule has 20 heavy (non-hydrogen) atoms. The van der Waals surface area contributed by atoms with E-state index in [4.69, 9.17) is 9.31 Å². The summed E-state index contributed by atoms with van der Waals surface area (Å²) in [5.41, 5.74) is 1.27. The van der Waals surface area contributed by atoms with Gasteiger partial charge < -0.3 is 14.4 Å². The first kappa shape index (κ1) is 14.0. The third kappa shape index (κ3) is 2.00. The van der Waals surface area contributed by atoms with Gasteiger partial charge in [-0.3, -0.25) is 4.98 Å². The van der Waals surface area contributed by atoms with Crippen LogP contribution in [0.2, 0.25) is 0 Å². The molecule has 1 aliphatic carbocycles. The van der Waals surface area contributed by atoms with Gasteiger partial charge in [0.25, 0.3) is 0 Å². The molecule has 1 saturated heterocycles. The lowest BCUT2D eigenvalue weighted by molar-refractivity contribution is 0.00578. The molecule has 0 radical (unpaired) electrons. The zero-order chi connectivity index (χ0) is 14.8. The van der Waals surface area contributed by atoms with E-state index in [1.54, 1.807) is 6.20 Å². The van der Waals surface area contributed by atoms with E-state index in [9.17, 15) is 5.11 Å². The molecule has 108 valence electrons. The molecule has 0 amide bonds. The monoisotopic (exact) mass is 275 g/mol. The highest BCUT2D eigenvalue weighted by Crippen LogP contribution is 2.45. The molecule has 1 saturated carbocycles. The Labute approximate surface area is 120 Å². The van der Waals surface area contributed by atoms with Crippen molar-refractivity contribution in [3.63, 3.8) is 0 Å². The lowest BCUT2D eigenvalue weighted by atomic mass is 9.75. The minimum absolute atomic E-state index is 0.357. The van der Waals surface area contributed by atoms with E-state index in [1.165, 1.54) is 0 Å². The summed E-state index contributed by atoms with van der Waals surface area (Å²) >= 11 is 0. The summed E-state index contributed by atoms with van der Waals surface area (Å²) in [7, 11) is -0.399. The number of aromatic nitrogens is 1. The predicted molar refractivity (Wildman–Crippen MR) is 77.8 cm³/mol. The van der Waals surface area contributed by atoms with Gasteiger partial charge in [0, 0.05) is 6.20 Å². The van der Waals surface area contributed by atoms with E-state index < -0.39 is 12.7 Å². The van der Waals surface area contributed by atoms with Gasteiger partial charge in [-0.2, -0.15) is 0 Å². The lowest BCUT2D eigenvalue weighted by Crippen LogP contribution is -2.41. The Morgan fingerprint density at radius 2 is 1.70 bits per heavy atom. The molecular weight excluding hydrogens is 253 g/mol.